The molecule has 0 aliphatic carbocycles. The van der Waals surface area contributed by atoms with Gasteiger partial charge < -0.3 is 9.05 Å². The van der Waals surface area contributed by atoms with Crippen molar-refractivity contribution in [3.63, 3.8) is 0 Å². The Morgan fingerprint density at radius 1 is 0.533 bits per heavy atom. The first-order valence-corrected chi connectivity index (χ1v) is 19.1. The molecule has 0 N–H and O–H groups in total. The number of rotatable bonds is 12. The lowest BCUT2D eigenvalue weighted by atomic mass is 9.76. The van der Waals surface area contributed by atoms with E-state index in [9.17, 15) is 0 Å². The molecule has 1 aliphatic rings. The van der Waals surface area contributed by atoms with E-state index < -0.39 is 8.60 Å². The summed E-state index contributed by atoms with van der Waals surface area (Å²) in [5.41, 5.74) is 7.49. The van der Waals surface area contributed by atoms with Crippen LogP contribution in [0.5, 0.6) is 11.5 Å². The Labute approximate surface area is 279 Å². The van der Waals surface area contributed by atoms with Gasteiger partial charge in [-0.05, 0) is 50.3 Å². The monoisotopic (exact) mass is 638 g/mol. The van der Waals surface area contributed by atoms with Crippen LogP contribution in [0.15, 0.2) is 24.3 Å². The fraction of sp³-hybridized carbons (Fsp3) is 0.707. The van der Waals surface area contributed by atoms with Crippen LogP contribution in [0.3, 0.4) is 0 Å². The second-order valence-corrected chi connectivity index (χ2v) is 18.7. The first-order chi connectivity index (χ1) is 20.8. The van der Waals surface area contributed by atoms with Gasteiger partial charge in [-0.2, -0.15) is 0 Å². The summed E-state index contributed by atoms with van der Waals surface area (Å²) >= 11 is 0. The zero-order chi connectivity index (χ0) is 33.6. The van der Waals surface area contributed by atoms with Gasteiger partial charge >= 0.3 is 8.60 Å². The third-order valence-electron chi connectivity index (χ3n) is 9.09. The molecule has 1 heterocycles. The van der Waals surface area contributed by atoms with Gasteiger partial charge in [-0.3, -0.25) is 4.52 Å². The Balaban J connectivity index is 1.97. The predicted octanol–water partition coefficient (Wildman–Crippen LogP) is 13.4. The minimum absolute atomic E-state index is 0.0251. The standard InChI is InChI=1S/C41H67O3P/c1-14-15-16-17-18-19-20-21-22-23-24-42-45-43-36-30(26-32(38(2,3)4)28-34(36)40(8,9)10)25-31-27-33(39(5,6)7)29-35(37(31)44-45)41(11,12)13/h26-29H,14-25H2,1-13H3. The predicted molar refractivity (Wildman–Crippen MR) is 196 cm³/mol. The molecule has 3 rings (SSSR count). The summed E-state index contributed by atoms with van der Waals surface area (Å²) in [6.07, 6.45) is 13.8. The van der Waals surface area contributed by atoms with E-state index in [-0.39, 0.29) is 21.7 Å². The van der Waals surface area contributed by atoms with Gasteiger partial charge in [-0.25, -0.2) is 0 Å². The molecule has 2 aromatic rings. The number of hydrogen-bond acceptors (Lipinski definition) is 3. The Kier molecular flexibility index (Phi) is 13.1. The van der Waals surface area contributed by atoms with E-state index in [2.05, 4.69) is 114 Å². The van der Waals surface area contributed by atoms with E-state index in [1.165, 1.54) is 91.2 Å². The van der Waals surface area contributed by atoms with Gasteiger partial charge in [-0.1, -0.05) is 172 Å². The molecule has 0 saturated heterocycles. The Morgan fingerprint density at radius 2 is 0.911 bits per heavy atom. The topological polar surface area (TPSA) is 27.7 Å². The summed E-state index contributed by atoms with van der Waals surface area (Å²) in [6, 6.07) is 9.50. The second-order valence-electron chi connectivity index (χ2n) is 17.6. The van der Waals surface area contributed by atoms with Crippen molar-refractivity contribution in [2.45, 2.75) is 182 Å². The molecule has 0 spiro atoms. The van der Waals surface area contributed by atoms with E-state index in [0.717, 1.165) is 24.3 Å². The molecule has 0 fully saturated rings. The van der Waals surface area contributed by atoms with E-state index in [0.29, 0.717) is 6.61 Å². The van der Waals surface area contributed by atoms with Crippen LogP contribution in [0.4, 0.5) is 0 Å². The highest BCUT2D eigenvalue weighted by Crippen LogP contribution is 2.53. The maximum absolute atomic E-state index is 6.90. The van der Waals surface area contributed by atoms with Gasteiger partial charge in [0.15, 0.2) is 0 Å². The molecular formula is C41H67O3P. The van der Waals surface area contributed by atoms with Gasteiger partial charge in [0.1, 0.15) is 11.5 Å². The van der Waals surface area contributed by atoms with Crippen LogP contribution < -0.4 is 9.05 Å². The lowest BCUT2D eigenvalue weighted by molar-refractivity contribution is 0.253. The average molecular weight is 639 g/mol. The molecule has 0 unspecified atom stereocenters. The first-order valence-electron chi connectivity index (χ1n) is 18.0. The number of hydrogen-bond donors (Lipinski definition) is 0. The van der Waals surface area contributed by atoms with E-state index in [1.54, 1.807) is 0 Å². The van der Waals surface area contributed by atoms with Crippen molar-refractivity contribution >= 4 is 8.60 Å². The van der Waals surface area contributed by atoms with E-state index >= 15 is 0 Å². The summed E-state index contributed by atoms with van der Waals surface area (Å²) in [5, 5.41) is 0. The van der Waals surface area contributed by atoms with Crippen molar-refractivity contribution in [2.75, 3.05) is 6.61 Å². The summed E-state index contributed by atoms with van der Waals surface area (Å²) in [6.45, 7) is 30.5. The van der Waals surface area contributed by atoms with Crippen LogP contribution in [0.25, 0.3) is 0 Å². The van der Waals surface area contributed by atoms with Crippen molar-refractivity contribution in [3.05, 3.63) is 57.6 Å². The molecule has 0 saturated carbocycles. The van der Waals surface area contributed by atoms with Crippen LogP contribution in [0, 0.1) is 0 Å². The molecular weight excluding hydrogens is 571 g/mol. The average Bonchev–Trinajstić information content (AvgIpc) is 2.89. The zero-order valence-electron chi connectivity index (χ0n) is 31.5. The largest absolute Gasteiger partial charge is 0.463 e. The smallest absolute Gasteiger partial charge is 0.417 e. The molecule has 1 aliphatic heterocycles. The van der Waals surface area contributed by atoms with Crippen LogP contribution in [-0.4, -0.2) is 6.61 Å². The maximum atomic E-state index is 6.90. The molecule has 0 radical (unpaired) electrons. The molecule has 0 bridgehead atoms. The maximum Gasteiger partial charge on any atom is 0.463 e. The van der Waals surface area contributed by atoms with E-state index in [4.69, 9.17) is 13.6 Å². The summed E-state index contributed by atoms with van der Waals surface area (Å²) in [4.78, 5) is 0. The molecule has 0 amide bonds. The summed E-state index contributed by atoms with van der Waals surface area (Å²) < 4.78 is 20.3. The van der Waals surface area contributed by atoms with Crippen molar-refractivity contribution in [2.24, 2.45) is 0 Å². The second kappa shape index (κ2) is 15.6. The fourth-order valence-electron chi connectivity index (χ4n) is 5.99. The van der Waals surface area contributed by atoms with E-state index in [1.807, 2.05) is 0 Å². The molecule has 2 aromatic carbocycles. The first kappa shape index (κ1) is 37.9. The van der Waals surface area contributed by atoms with Crippen LogP contribution in [-0.2, 0) is 32.6 Å². The zero-order valence-corrected chi connectivity index (χ0v) is 32.4. The lowest BCUT2D eigenvalue weighted by Gasteiger charge is -2.34. The van der Waals surface area contributed by atoms with Crippen molar-refractivity contribution in [1.29, 1.82) is 0 Å². The van der Waals surface area contributed by atoms with Crippen molar-refractivity contribution < 1.29 is 13.6 Å². The third kappa shape index (κ3) is 11.0. The van der Waals surface area contributed by atoms with Gasteiger partial charge in [0.2, 0.25) is 0 Å². The van der Waals surface area contributed by atoms with Gasteiger partial charge in [-0.15, -0.1) is 0 Å². The Morgan fingerprint density at radius 3 is 1.27 bits per heavy atom. The number of benzene rings is 2. The molecule has 254 valence electrons. The number of fused-ring (bicyclic) bond motifs is 2. The van der Waals surface area contributed by atoms with Crippen LogP contribution in [0.2, 0.25) is 0 Å². The molecule has 0 atom stereocenters. The van der Waals surface area contributed by atoms with Crippen LogP contribution >= 0.6 is 8.60 Å². The van der Waals surface area contributed by atoms with Gasteiger partial charge in [0.25, 0.3) is 0 Å². The SMILES string of the molecule is CCCCCCCCCCCCOP1Oc2c(cc(C(C)(C)C)cc2C(C)(C)C)Cc2cc(C(C)(C)C)cc(C(C)(C)C)c2O1. The highest BCUT2D eigenvalue weighted by molar-refractivity contribution is 7.42. The summed E-state index contributed by atoms with van der Waals surface area (Å²) in [5.74, 6) is 1.91. The molecule has 45 heavy (non-hydrogen) atoms. The van der Waals surface area contributed by atoms with Crippen LogP contribution in [0.1, 0.15) is 188 Å². The fourth-order valence-corrected chi connectivity index (χ4v) is 7.14. The highest BCUT2D eigenvalue weighted by atomic mass is 31.2. The number of unbranched alkanes of at least 4 members (excludes halogenated alkanes) is 9. The Bertz CT molecular complexity index is 1150. The minimum Gasteiger partial charge on any atom is -0.417 e. The van der Waals surface area contributed by atoms with Crippen molar-refractivity contribution in [1.82, 2.24) is 0 Å². The Hall–Kier alpha value is -1.57. The molecule has 3 nitrogen and oxygen atoms in total. The van der Waals surface area contributed by atoms with Gasteiger partial charge in [0, 0.05) is 17.5 Å². The quantitative estimate of drug-likeness (QED) is 0.171. The van der Waals surface area contributed by atoms with Crippen molar-refractivity contribution in [3.8, 4) is 11.5 Å². The third-order valence-corrected chi connectivity index (χ3v) is 10.1. The lowest BCUT2D eigenvalue weighted by Crippen LogP contribution is -2.22. The summed E-state index contributed by atoms with van der Waals surface area (Å²) in [7, 11) is -1.63. The molecule has 4 heteroatoms. The molecule has 0 aromatic heterocycles. The normalized spacial score (nSPS) is 14.7. The highest BCUT2D eigenvalue weighted by Gasteiger charge is 2.35. The minimum atomic E-state index is -1.63. The van der Waals surface area contributed by atoms with Gasteiger partial charge in [0.05, 0.1) is 6.61 Å².